The molecular formula is C21H27NO3. The lowest BCUT2D eigenvalue weighted by atomic mass is 10.1. The smallest absolute Gasteiger partial charge is 0.157 e. The summed E-state index contributed by atoms with van der Waals surface area (Å²) in [7, 11) is 0. The van der Waals surface area contributed by atoms with Crippen LogP contribution in [0.2, 0.25) is 0 Å². The molecule has 0 fully saturated rings. The quantitative estimate of drug-likeness (QED) is 0.563. The number of hydroxylamine groups is 2. The van der Waals surface area contributed by atoms with Crippen molar-refractivity contribution in [2.75, 3.05) is 0 Å². The summed E-state index contributed by atoms with van der Waals surface area (Å²) >= 11 is 0. The van der Waals surface area contributed by atoms with Crippen molar-refractivity contribution >= 4 is 6.29 Å². The molecule has 134 valence electrons. The Morgan fingerprint density at radius 2 is 1.08 bits per heavy atom. The van der Waals surface area contributed by atoms with Gasteiger partial charge in [0.15, 0.2) is 11.5 Å². The predicted molar refractivity (Wildman–Crippen MR) is 99.9 cm³/mol. The summed E-state index contributed by atoms with van der Waals surface area (Å²) < 4.78 is 0. The third-order valence-corrected chi connectivity index (χ3v) is 4.10. The Balaban J connectivity index is 2.37. The van der Waals surface area contributed by atoms with Crippen LogP contribution in [0.3, 0.4) is 0 Å². The number of nitrogens with zero attached hydrogens (tertiary/aromatic N) is 1. The molecule has 0 bridgehead atoms. The van der Waals surface area contributed by atoms with E-state index in [2.05, 4.69) is 24.3 Å². The summed E-state index contributed by atoms with van der Waals surface area (Å²) in [4.78, 5) is 23.4. The molecular weight excluding hydrogens is 314 g/mol. The number of rotatable bonds is 6. The minimum atomic E-state index is -0.555. The Bertz CT molecular complexity index is 677. The minimum absolute atomic E-state index is 0.555. The molecule has 0 amide bonds. The number of benzene rings is 2. The fourth-order valence-electron chi connectivity index (χ4n) is 3.04. The molecule has 25 heavy (non-hydrogen) atoms. The molecule has 0 radical (unpaired) electrons. The SMILES string of the molecule is Cc1cc(C)c(ON(Oc2c(C)cc(C)cc2C)[C@@H](C)C=O)c(C)c1. The lowest BCUT2D eigenvalue weighted by Gasteiger charge is -2.27. The third-order valence-electron chi connectivity index (χ3n) is 4.10. The molecule has 0 aliphatic rings. The molecule has 2 rings (SSSR count). The number of hydrogen-bond donors (Lipinski definition) is 0. The van der Waals surface area contributed by atoms with Gasteiger partial charge in [-0.15, -0.1) is 0 Å². The predicted octanol–water partition coefficient (Wildman–Crippen LogP) is 4.71. The van der Waals surface area contributed by atoms with E-state index in [-0.39, 0.29) is 0 Å². The van der Waals surface area contributed by atoms with Crippen LogP contribution in [0.25, 0.3) is 0 Å². The van der Waals surface area contributed by atoms with E-state index >= 15 is 0 Å². The first-order chi connectivity index (χ1) is 11.7. The van der Waals surface area contributed by atoms with Crippen LogP contribution in [0, 0.1) is 41.5 Å². The average Bonchev–Trinajstić information content (AvgIpc) is 2.51. The standard InChI is InChI=1S/C21H27NO3/c1-13-8-15(3)20(16(4)9-13)24-22(19(7)12-23)25-21-17(5)10-14(2)11-18(21)6/h8-12,19H,1-7H3/t19-/m0/s1. The fourth-order valence-corrected chi connectivity index (χ4v) is 3.04. The topological polar surface area (TPSA) is 38.8 Å². The first kappa shape index (κ1) is 19.0. The van der Waals surface area contributed by atoms with Gasteiger partial charge in [0, 0.05) is 5.23 Å². The van der Waals surface area contributed by atoms with Gasteiger partial charge in [0.25, 0.3) is 0 Å². The number of aldehydes is 1. The summed E-state index contributed by atoms with van der Waals surface area (Å²) in [5.74, 6) is 1.42. The van der Waals surface area contributed by atoms with E-state index in [1.807, 2.05) is 41.5 Å². The molecule has 2 aromatic carbocycles. The van der Waals surface area contributed by atoms with Crippen molar-refractivity contribution in [1.29, 1.82) is 0 Å². The fraction of sp³-hybridized carbons (Fsp3) is 0.381. The molecule has 4 nitrogen and oxygen atoms in total. The second-order valence-electron chi connectivity index (χ2n) is 6.80. The summed E-state index contributed by atoms with van der Waals surface area (Å²) in [6.07, 6.45) is 0.803. The summed E-state index contributed by atoms with van der Waals surface area (Å²) in [5.41, 5.74) is 6.35. The van der Waals surface area contributed by atoms with Gasteiger partial charge in [-0.1, -0.05) is 35.4 Å². The first-order valence-electron chi connectivity index (χ1n) is 8.49. The highest BCUT2D eigenvalue weighted by Gasteiger charge is 2.22. The van der Waals surface area contributed by atoms with Crippen LogP contribution in [-0.4, -0.2) is 17.6 Å². The van der Waals surface area contributed by atoms with Crippen molar-refractivity contribution in [2.24, 2.45) is 0 Å². The van der Waals surface area contributed by atoms with Crippen molar-refractivity contribution in [3.8, 4) is 11.5 Å². The van der Waals surface area contributed by atoms with E-state index in [0.717, 1.165) is 28.5 Å². The molecule has 2 aromatic rings. The molecule has 0 heterocycles. The highest BCUT2D eigenvalue weighted by atomic mass is 17.0. The zero-order valence-electron chi connectivity index (χ0n) is 16.1. The Kier molecular flexibility index (Phi) is 5.85. The van der Waals surface area contributed by atoms with Crippen molar-refractivity contribution in [3.05, 3.63) is 57.6 Å². The first-order valence-corrected chi connectivity index (χ1v) is 8.49. The van der Waals surface area contributed by atoms with Crippen LogP contribution >= 0.6 is 0 Å². The van der Waals surface area contributed by atoms with Gasteiger partial charge in [-0.2, -0.15) is 0 Å². The second-order valence-corrected chi connectivity index (χ2v) is 6.80. The molecule has 0 saturated carbocycles. The van der Waals surface area contributed by atoms with Crippen molar-refractivity contribution in [2.45, 2.75) is 54.5 Å². The average molecular weight is 341 g/mol. The van der Waals surface area contributed by atoms with E-state index in [4.69, 9.17) is 9.68 Å². The van der Waals surface area contributed by atoms with Crippen LogP contribution in [-0.2, 0) is 4.79 Å². The maximum atomic E-state index is 11.4. The Labute approximate surface area is 150 Å². The monoisotopic (exact) mass is 341 g/mol. The molecule has 0 aromatic heterocycles. The Morgan fingerprint density at radius 1 is 0.760 bits per heavy atom. The van der Waals surface area contributed by atoms with E-state index in [1.54, 1.807) is 6.92 Å². The molecule has 0 unspecified atom stereocenters. The molecule has 0 saturated heterocycles. The number of carbonyl (C=O) groups excluding carboxylic acids is 1. The number of aryl methyl sites for hydroxylation is 6. The third kappa shape index (κ3) is 4.40. The normalized spacial score (nSPS) is 12.2. The van der Waals surface area contributed by atoms with E-state index in [9.17, 15) is 4.79 Å². The maximum Gasteiger partial charge on any atom is 0.157 e. The van der Waals surface area contributed by atoms with E-state index in [1.165, 1.54) is 16.4 Å². The van der Waals surface area contributed by atoms with Crippen molar-refractivity contribution < 1.29 is 14.5 Å². The van der Waals surface area contributed by atoms with Crippen LogP contribution in [0.4, 0.5) is 0 Å². The van der Waals surface area contributed by atoms with Gasteiger partial charge in [0.05, 0.1) is 0 Å². The van der Waals surface area contributed by atoms with Crippen LogP contribution in [0.15, 0.2) is 24.3 Å². The largest absolute Gasteiger partial charge is 0.370 e. The summed E-state index contributed by atoms with van der Waals surface area (Å²) in [6, 6.07) is 7.64. The van der Waals surface area contributed by atoms with Gasteiger partial charge >= 0.3 is 0 Å². The van der Waals surface area contributed by atoms with E-state index < -0.39 is 6.04 Å². The zero-order valence-corrected chi connectivity index (χ0v) is 16.1. The molecule has 0 aliphatic heterocycles. The van der Waals surface area contributed by atoms with E-state index in [0.29, 0.717) is 11.5 Å². The second kappa shape index (κ2) is 7.70. The Hall–Kier alpha value is -2.33. The van der Waals surface area contributed by atoms with Crippen LogP contribution < -0.4 is 9.68 Å². The zero-order chi connectivity index (χ0) is 18.7. The summed E-state index contributed by atoms with van der Waals surface area (Å²) in [6.45, 7) is 13.8. The Morgan fingerprint density at radius 3 is 1.36 bits per heavy atom. The van der Waals surface area contributed by atoms with Gasteiger partial charge in [0.2, 0.25) is 0 Å². The van der Waals surface area contributed by atoms with Gasteiger partial charge in [-0.3, -0.25) is 0 Å². The van der Waals surface area contributed by atoms with Crippen molar-refractivity contribution in [3.63, 3.8) is 0 Å². The lowest BCUT2D eigenvalue weighted by molar-refractivity contribution is -0.272. The van der Waals surface area contributed by atoms with Crippen LogP contribution in [0.1, 0.15) is 40.3 Å². The minimum Gasteiger partial charge on any atom is -0.370 e. The highest BCUT2D eigenvalue weighted by molar-refractivity contribution is 5.56. The van der Waals surface area contributed by atoms with Gasteiger partial charge in [0.1, 0.15) is 12.3 Å². The van der Waals surface area contributed by atoms with Crippen molar-refractivity contribution in [1.82, 2.24) is 5.23 Å². The molecule has 1 atom stereocenters. The number of carbonyl (C=O) groups is 1. The van der Waals surface area contributed by atoms with Gasteiger partial charge in [-0.25, -0.2) is 0 Å². The molecule has 0 spiro atoms. The lowest BCUT2D eigenvalue weighted by Crippen LogP contribution is -2.40. The highest BCUT2D eigenvalue weighted by Crippen LogP contribution is 2.29. The van der Waals surface area contributed by atoms with Gasteiger partial charge < -0.3 is 14.5 Å². The van der Waals surface area contributed by atoms with Crippen LogP contribution in [0.5, 0.6) is 11.5 Å². The summed E-state index contributed by atoms with van der Waals surface area (Å²) in [5, 5.41) is 1.28. The molecule has 0 aliphatic carbocycles. The molecule has 4 heteroatoms. The van der Waals surface area contributed by atoms with Gasteiger partial charge in [-0.05, 0) is 70.7 Å². The number of hydrogen-bond acceptors (Lipinski definition) is 4. The maximum absolute atomic E-state index is 11.4. The molecule has 0 N–H and O–H groups in total.